The molecule has 0 fully saturated rings. The average Bonchev–Trinajstić information content (AvgIpc) is 3.25. The first-order valence-corrected chi connectivity index (χ1v) is 26.5. The second-order valence-electron chi connectivity index (χ2n) is 17.9. The van der Waals surface area contributed by atoms with E-state index in [0.717, 1.165) is 57.8 Å². The SMILES string of the molecule is CCCCCCC/C=C\C/C=C\C/C=C\CCCCCCCCC(=O)NC(CO)C(O)/C=C/CC/C=C/CCCCCCCCCCCCCCCCCCCCCCC. The number of allylic oxidation sites excluding steroid dienone is 9. The fraction of sp³-hybridized carbons (Fsp3) is 0.804. The molecule has 0 radical (unpaired) electrons. The van der Waals surface area contributed by atoms with Crippen LogP contribution in [0.15, 0.2) is 60.8 Å². The van der Waals surface area contributed by atoms with Gasteiger partial charge in [-0.1, -0.05) is 254 Å². The first-order valence-electron chi connectivity index (χ1n) is 26.5. The van der Waals surface area contributed by atoms with E-state index >= 15 is 0 Å². The Morgan fingerprint density at radius 2 is 0.700 bits per heavy atom. The van der Waals surface area contributed by atoms with E-state index in [1.54, 1.807) is 6.08 Å². The largest absolute Gasteiger partial charge is 0.394 e. The summed E-state index contributed by atoms with van der Waals surface area (Å²) in [4.78, 5) is 12.4. The van der Waals surface area contributed by atoms with Crippen molar-refractivity contribution in [1.29, 1.82) is 0 Å². The van der Waals surface area contributed by atoms with Crippen molar-refractivity contribution < 1.29 is 15.0 Å². The average molecular weight is 838 g/mol. The summed E-state index contributed by atoms with van der Waals surface area (Å²) in [7, 11) is 0. The minimum atomic E-state index is -0.871. The first kappa shape index (κ1) is 58.1. The van der Waals surface area contributed by atoms with E-state index in [1.807, 2.05) is 6.08 Å². The molecule has 0 bridgehead atoms. The van der Waals surface area contributed by atoms with Crippen LogP contribution in [0.5, 0.6) is 0 Å². The molecule has 4 heteroatoms. The third-order valence-corrected chi connectivity index (χ3v) is 12.0. The Balaban J connectivity index is 3.58. The predicted octanol–water partition coefficient (Wildman–Crippen LogP) is 17.2. The minimum Gasteiger partial charge on any atom is -0.394 e. The third kappa shape index (κ3) is 47.1. The Bertz CT molecular complexity index is 996. The molecule has 0 spiro atoms. The molecule has 4 nitrogen and oxygen atoms in total. The summed E-state index contributed by atoms with van der Waals surface area (Å²) in [6.07, 6.45) is 72.2. The summed E-state index contributed by atoms with van der Waals surface area (Å²) in [6.45, 7) is 4.30. The highest BCUT2D eigenvalue weighted by atomic mass is 16.3. The summed E-state index contributed by atoms with van der Waals surface area (Å²) < 4.78 is 0. The van der Waals surface area contributed by atoms with E-state index in [1.165, 1.54) is 193 Å². The summed E-state index contributed by atoms with van der Waals surface area (Å²) in [5.74, 6) is -0.0855. The number of aliphatic hydroxyl groups excluding tert-OH is 2. The molecular weight excluding hydrogens is 735 g/mol. The molecule has 3 N–H and O–H groups in total. The lowest BCUT2D eigenvalue weighted by Crippen LogP contribution is -2.45. The van der Waals surface area contributed by atoms with Gasteiger partial charge in [0.15, 0.2) is 0 Å². The Morgan fingerprint density at radius 1 is 0.400 bits per heavy atom. The van der Waals surface area contributed by atoms with Crippen LogP contribution < -0.4 is 5.32 Å². The number of carbonyl (C=O) groups excluding carboxylic acids is 1. The lowest BCUT2D eigenvalue weighted by molar-refractivity contribution is -0.123. The number of amides is 1. The quantitative estimate of drug-likeness (QED) is 0.0422. The molecule has 0 aliphatic carbocycles. The van der Waals surface area contributed by atoms with Crippen molar-refractivity contribution in [2.24, 2.45) is 0 Å². The molecule has 2 atom stereocenters. The van der Waals surface area contributed by atoms with Crippen molar-refractivity contribution in [3.63, 3.8) is 0 Å². The molecule has 0 rings (SSSR count). The Morgan fingerprint density at radius 3 is 1.08 bits per heavy atom. The highest BCUT2D eigenvalue weighted by Crippen LogP contribution is 2.16. The standard InChI is InChI=1S/C56H103NO3/c1-3-5-7-9-11-13-15-17-19-21-23-25-26-27-28-29-30-32-33-35-37-39-41-43-45-47-49-51-55(59)54(53-58)57-56(60)52-50-48-46-44-42-40-38-36-34-31-24-22-20-18-16-14-12-10-8-6-4-2/h16,18,22,24,34,36,41,43,49,51,54-55,58-59H,3-15,17,19-21,23,25-33,35,37-40,42,44-48,50,52-53H2,1-2H3,(H,57,60)/b18-16-,24-22-,36-34-,43-41+,51-49+. The fourth-order valence-electron chi connectivity index (χ4n) is 7.91. The molecule has 0 saturated carbocycles. The van der Waals surface area contributed by atoms with Crippen LogP contribution in [0.2, 0.25) is 0 Å². The zero-order valence-corrected chi connectivity index (χ0v) is 40.2. The van der Waals surface area contributed by atoms with E-state index in [0.29, 0.717) is 6.42 Å². The number of unbranched alkanes of at least 4 members (excludes halogenated alkanes) is 33. The molecule has 60 heavy (non-hydrogen) atoms. The van der Waals surface area contributed by atoms with Gasteiger partial charge in [-0.2, -0.15) is 0 Å². The lowest BCUT2D eigenvalue weighted by Gasteiger charge is -2.19. The Labute approximate surface area is 375 Å². The van der Waals surface area contributed by atoms with Crippen molar-refractivity contribution in [1.82, 2.24) is 5.32 Å². The monoisotopic (exact) mass is 838 g/mol. The van der Waals surface area contributed by atoms with E-state index in [4.69, 9.17) is 0 Å². The van der Waals surface area contributed by atoms with Gasteiger partial charge in [0.2, 0.25) is 5.91 Å². The molecule has 0 saturated heterocycles. The summed E-state index contributed by atoms with van der Waals surface area (Å²) >= 11 is 0. The number of nitrogens with one attached hydrogen (secondary N) is 1. The van der Waals surface area contributed by atoms with Crippen molar-refractivity contribution >= 4 is 5.91 Å². The minimum absolute atomic E-state index is 0.0855. The molecule has 0 aliphatic rings. The van der Waals surface area contributed by atoms with Crippen LogP contribution in [0.1, 0.15) is 271 Å². The fourth-order valence-corrected chi connectivity index (χ4v) is 7.91. The van der Waals surface area contributed by atoms with Gasteiger partial charge in [0.1, 0.15) is 0 Å². The number of hydrogen-bond acceptors (Lipinski definition) is 3. The number of aliphatic hydroxyl groups is 2. The van der Waals surface area contributed by atoms with Crippen LogP contribution in [0.3, 0.4) is 0 Å². The van der Waals surface area contributed by atoms with Crippen LogP contribution in [0.4, 0.5) is 0 Å². The second-order valence-corrected chi connectivity index (χ2v) is 17.9. The van der Waals surface area contributed by atoms with E-state index in [-0.39, 0.29) is 12.5 Å². The number of carbonyl (C=O) groups is 1. The molecule has 0 aliphatic heterocycles. The smallest absolute Gasteiger partial charge is 0.220 e. The zero-order chi connectivity index (χ0) is 43.5. The summed E-state index contributed by atoms with van der Waals surface area (Å²) in [6, 6.07) is -0.649. The van der Waals surface area contributed by atoms with Gasteiger partial charge in [-0.25, -0.2) is 0 Å². The molecule has 350 valence electrons. The Hall–Kier alpha value is -1.91. The van der Waals surface area contributed by atoms with E-state index in [9.17, 15) is 15.0 Å². The van der Waals surface area contributed by atoms with Gasteiger partial charge in [0, 0.05) is 6.42 Å². The number of rotatable bonds is 48. The molecular formula is C56H103NO3. The van der Waals surface area contributed by atoms with Gasteiger partial charge in [-0.05, 0) is 70.6 Å². The van der Waals surface area contributed by atoms with Crippen LogP contribution in [-0.4, -0.2) is 34.9 Å². The van der Waals surface area contributed by atoms with Gasteiger partial charge in [-0.3, -0.25) is 4.79 Å². The molecule has 0 aromatic carbocycles. The van der Waals surface area contributed by atoms with Crippen molar-refractivity contribution in [3.8, 4) is 0 Å². The summed E-state index contributed by atoms with van der Waals surface area (Å²) in [5.41, 5.74) is 0. The zero-order valence-electron chi connectivity index (χ0n) is 40.2. The van der Waals surface area contributed by atoms with E-state index < -0.39 is 12.1 Å². The van der Waals surface area contributed by atoms with Crippen molar-refractivity contribution in [2.45, 2.75) is 283 Å². The lowest BCUT2D eigenvalue weighted by atomic mass is 10.0. The maximum Gasteiger partial charge on any atom is 0.220 e. The number of hydrogen-bond donors (Lipinski definition) is 3. The summed E-state index contributed by atoms with van der Waals surface area (Å²) in [5, 5.41) is 23.1. The van der Waals surface area contributed by atoms with Gasteiger partial charge in [0.05, 0.1) is 18.8 Å². The molecule has 0 aromatic heterocycles. The molecule has 0 aromatic rings. The van der Waals surface area contributed by atoms with Crippen LogP contribution in [0, 0.1) is 0 Å². The van der Waals surface area contributed by atoms with Gasteiger partial charge < -0.3 is 15.5 Å². The third-order valence-electron chi connectivity index (χ3n) is 12.0. The van der Waals surface area contributed by atoms with Crippen molar-refractivity contribution in [2.75, 3.05) is 6.61 Å². The van der Waals surface area contributed by atoms with Gasteiger partial charge >= 0.3 is 0 Å². The predicted molar refractivity (Wildman–Crippen MR) is 267 cm³/mol. The molecule has 1 amide bonds. The van der Waals surface area contributed by atoms with E-state index in [2.05, 4.69) is 67.8 Å². The maximum absolute atomic E-state index is 12.4. The normalized spacial score (nSPS) is 13.3. The van der Waals surface area contributed by atoms with Crippen molar-refractivity contribution in [3.05, 3.63) is 60.8 Å². The van der Waals surface area contributed by atoms with Crippen LogP contribution in [0.25, 0.3) is 0 Å². The highest BCUT2D eigenvalue weighted by molar-refractivity contribution is 5.76. The second kappa shape index (κ2) is 51.4. The molecule has 2 unspecified atom stereocenters. The first-order chi connectivity index (χ1) is 29.7. The Kier molecular flexibility index (Phi) is 49.8. The topological polar surface area (TPSA) is 69.6 Å². The molecule has 0 heterocycles. The highest BCUT2D eigenvalue weighted by Gasteiger charge is 2.17. The van der Waals surface area contributed by atoms with Crippen LogP contribution in [-0.2, 0) is 4.79 Å². The maximum atomic E-state index is 12.4. The van der Waals surface area contributed by atoms with Gasteiger partial charge in [-0.15, -0.1) is 0 Å². The van der Waals surface area contributed by atoms with Crippen LogP contribution >= 0.6 is 0 Å². The van der Waals surface area contributed by atoms with Gasteiger partial charge in [0.25, 0.3) is 0 Å².